The van der Waals surface area contributed by atoms with Gasteiger partial charge in [-0.3, -0.25) is 9.97 Å². The van der Waals surface area contributed by atoms with Crippen molar-refractivity contribution in [1.29, 1.82) is 0 Å². The van der Waals surface area contributed by atoms with Crippen LogP contribution in [0.2, 0.25) is 0 Å². The number of hydrogen-bond donors (Lipinski definition) is 2. The average molecular weight is 449 g/mol. The summed E-state index contributed by atoms with van der Waals surface area (Å²) in [5.74, 6) is 0.653. The molecule has 0 fully saturated rings. The number of fused-ring (bicyclic) bond motifs is 1. The number of allylic oxidation sites excluding steroid dienone is 4. The molecule has 34 heavy (non-hydrogen) atoms. The summed E-state index contributed by atoms with van der Waals surface area (Å²) in [6, 6.07) is 13.8. The van der Waals surface area contributed by atoms with E-state index in [-0.39, 0.29) is 0 Å². The minimum atomic E-state index is 0.537. The van der Waals surface area contributed by atoms with Gasteiger partial charge in [-0.15, -0.1) is 0 Å². The lowest BCUT2D eigenvalue weighted by molar-refractivity contribution is 0.530. The molecular formula is C28H28N6. The molecule has 0 unspecified atom stereocenters. The number of aromatic nitrogens is 4. The molecule has 1 aromatic carbocycles. The number of imidazole rings is 1. The Hall–Kier alpha value is -4.45. The standard InChI is InChI=1S/C28H28N6/c1-6-19(15-20(7-2)34(4)5)26-16-22(23(29)17-31-26)18(3)28-32-25-13-10-11-21(27(25)33-28)24-12-8-9-14-30-24/h6-17H,2-3,29H2,1,4-5H3,(H,32,33)/b19-6+,20-15+. The number of nitrogens with zero attached hydrogens (tertiary/aromatic N) is 4. The second-order valence-electron chi connectivity index (χ2n) is 8.05. The fourth-order valence-electron chi connectivity index (χ4n) is 3.75. The Morgan fingerprint density at radius 3 is 2.62 bits per heavy atom. The Labute approximate surface area is 199 Å². The van der Waals surface area contributed by atoms with E-state index in [4.69, 9.17) is 10.7 Å². The summed E-state index contributed by atoms with van der Waals surface area (Å²) in [5, 5.41) is 0. The largest absolute Gasteiger partial charge is 0.397 e. The van der Waals surface area contributed by atoms with Gasteiger partial charge >= 0.3 is 0 Å². The molecule has 0 aliphatic rings. The lowest BCUT2D eigenvalue weighted by atomic mass is 10.0. The molecule has 3 aromatic heterocycles. The molecule has 4 aromatic rings. The number of benzene rings is 1. The van der Waals surface area contributed by atoms with Crippen LogP contribution < -0.4 is 5.73 Å². The second-order valence-corrected chi connectivity index (χ2v) is 8.05. The molecular weight excluding hydrogens is 420 g/mol. The molecule has 3 N–H and O–H groups in total. The molecule has 0 spiro atoms. The topological polar surface area (TPSA) is 83.7 Å². The SMILES string of the molecule is C=C/C(=C\C(=C/C)c1cc(C(=C)c2nc3c(-c4ccccn4)cccc3[nH]2)c(N)cn1)N(C)C. The van der Waals surface area contributed by atoms with Crippen molar-refractivity contribution < 1.29 is 0 Å². The summed E-state index contributed by atoms with van der Waals surface area (Å²) in [6.45, 7) is 10.2. The third-order valence-corrected chi connectivity index (χ3v) is 5.63. The third-order valence-electron chi connectivity index (χ3n) is 5.63. The van der Waals surface area contributed by atoms with Crippen LogP contribution >= 0.6 is 0 Å². The quantitative estimate of drug-likeness (QED) is 0.354. The normalized spacial score (nSPS) is 12.1. The fraction of sp³-hybridized carbons (Fsp3) is 0.107. The molecule has 170 valence electrons. The van der Waals surface area contributed by atoms with Crippen LogP contribution in [0.1, 0.15) is 24.0 Å². The van der Waals surface area contributed by atoms with Crippen LogP contribution in [0, 0.1) is 0 Å². The van der Waals surface area contributed by atoms with Crippen molar-refractivity contribution >= 4 is 27.9 Å². The summed E-state index contributed by atoms with van der Waals surface area (Å²) in [5.41, 5.74) is 14.6. The van der Waals surface area contributed by atoms with Crippen LogP contribution in [0.5, 0.6) is 0 Å². The maximum Gasteiger partial charge on any atom is 0.138 e. The molecule has 4 rings (SSSR count). The van der Waals surface area contributed by atoms with Gasteiger partial charge in [0.05, 0.1) is 34.3 Å². The van der Waals surface area contributed by atoms with Gasteiger partial charge in [-0.25, -0.2) is 4.98 Å². The summed E-state index contributed by atoms with van der Waals surface area (Å²) in [6.07, 6.45) is 9.31. The number of nitrogens with two attached hydrogens (primary N) is 1. The highest BCUT2D eigenvalue weighted by molar-refractivity contribution is 5.94. The Bertz CT molecular complexity index is 1420. The summed E-state index contributed by atoms with van der Waals surface area (Å²) in [4.78, 5) is 19.3. The Morgan fingerprint density at radius 2 is 1.94 bits per heavy atom. The number of H-pyrrole nitrogens is 1. The molecule has 0 amide bonds. The number of rotatable bonds is 7. The van der Waals surface area contributed by atoms with Crippen LogP contribution in [-0.2, 0) is 0 Å². The zero-order chi connectivity index (χ0) is 24.2. The van der Waals surface area contributed by atoms with E-state index in [1.165, 1.54) is 0 Å². The Morgan fingerprint density at radius 1 is 1.12 bits per heavy atom. The van der Waals surface area contributed by atoms with E-state index in [0.717, 1.165) is 44.8 Å². The van der Waals surface area contributed by atoms with Crippen LogP contribution in [-0.4, -0.2) is 38.9 Å². The zero-order valence-electron chi connectivity index (χ0n) is 19.7. The van der Waals surface area contributed by atoms with Gasteiger partial charge in [0.15, 0.2) is 0 Å². The van der Waals surface area contributed by atoms with E-state index >= 15 is 0 Å². The average Bonchev–Trinajstić information content (AvgIpc) is 3.30. The molecule has 0 aliphatic heterocycles. The van der Waals surface area contributed by atoms with Crippen molar-refractivity contribution in [2.45, 2.75) is 6.92 Å². The number of aromatic amines is 1. The minimum Gasteiger partial charge on any atom is -0.397 e. The summed E-state index contributed by atoms with van der Waals surface area (Å²) < 4.78 is 0. The highest BCUT2D eigenvalue weighted by atomic mass is 15.1. The monoisotopic (exact) mass is 448 g/mol. The maximum absolute atomic E-state index is 6.33. The lowest BCUT2D eigenvalue weighted by Crippen LogP contribution is -2.09. The lowest BCUT2D eigenvalue weighted by Gasteiger charge is -2.15. The first-order valence-corrected chi connectivity index (χ1v) is 11.0. The second kappa shape index (κ2) is 9.58. The summed E-state index contributed by atoms with van der Waals surface area (Å²) >= 11 is 0. The van der Waals surface area contributed by atoms with Gasteiger partial charge in [0, 0.05) is 42.7 Å². The number of likely N-dealkylation sites (N-methyl/N-ethyl adjacent to an activating group) is 1. The van der Waals surface area contributed by atoms with Crippen molar-refractivity contribution in [1.82, 2.24) is 24.8 Å². The third kappa shape index (κ3) is 4.38. The van der Waals surface area contributed by atoms with Gasteiger partial charge in [-0.1, -0.05) is 37.4 Å². The van der Waals surface area contributed by atoms with Crippen molar-refractivity contribution in [3.05, 3.63) is 109 Å². The molecule has 6 heteroatoms. The zero-order valence-corrected chi connectivity index (χ0v) is 19.7. The molecule has 0 atom stereocenters. The first-order valence-electron chi connectivity index (χ1n) is 11.0. The number of nitrogens with one attached hydrogen (secondary N) is 1. The predicted octanol–water partition coefficient (Wildman–Crippen LogP) is 5.70. The molecule has 0 radical (unpaired) electrons. The number of hydrogen-bond acceptors (Lipinski definition) is 5. The van der Waals surface area contributed by atoms with Crippen LogP contribution in [0.15, 0.2) is 91.9 Å². The molecule has 0 saturated carbocycles. The molecule has 3 heterocycles. The smallest absolute Gasteiger partial charge is 0.138 e. The van der Waals surface area contributed by atoms with E-state index in [1.54, 1.807) is 12.4 Å². The highest BCUT2D eigenvalue weighted by Gasteiger charge is 2.16. The Balaban J connectivity index is 1.76. The molecule has 6 nitrogen and oxygen atoms in total. The van der Waals surface area contributed by atoms with Crippen LogP contribution in [0.4, 0.5) is 5.69 Å². The molecule has 0 saturated heterocycles. The molecule has 0 aliphatic carbocycles. The number of pyridine rings is 2. The molecule has 0 bridgehead atoms. The maximum atomic E-state index is 6.33. The van der Waals surface area contributed by atoms with Gasteiger partial charge in [-0.05, 0) is 48.9 Å². The van der Waals surface area contributed by atoms with Gasteiger partial charge in [-0.2, -0.15) is 0 Å². The van der Waals surface area contributed by atoms with Crippen LogP contribution in [0.3, 0.4) is 0 Å². The first-order chi connectivity index (χ1) is 16.4. The van der Waals surface area contributed by atoms with E-state index < -0.39 is 0 Å². The number of para-hydroxylation sites is 1. The van der Waals surface area contributed by atoms with Gasteiger partial charge in [0.2, 0.25) is 0 Å². The van der Waals surface area contributed by atoms with Crippen molar-refractivity contribution in [3.63, 3.8) is 0 Å². The minimum absolute atomic E-state index is 0.537. The van der Waals surface area contributed by atoms with Crippen molar-refractivity contribution in [2.24, 2.45) is 0 Å². The Kier molecular flexibility index (Phi) is 6.41. The van der Waals surface area contributed by atoms with Gasteiger partial charge in [0.25, 0.3) is 0 Å². The number of nitrogen functional groups attached to an aromatic ring is 1. The number of anilines is 1. The predicted molar refractivity (Wildman–Crippen MR) is 142 cm³/mol. The summed E-state index contributed by atoms with van der Waals surface area (Å²) in [7, 11) is 3.95. The van der Waals surface area contributed by atoms with Crippen molar-refractivity contribution in [2.75, 3.05) is 19.8 Å². The van der Waals surface area contributed by atoms with E-state index in [9.17, 15) is 0 Å². The van der Waals surface area contributed by atoms with Crippen LogP contribution in [0.25, 0.3) is 33.4 Å². The fourth-order valence-corrected chi connectivity index (χ4v) is 3.75. The van der Waals surface area contributed by atoms with Crippen molar-refractivity contribution in [3.8, 4) is 11.3 Å². The van der Waals surface area contributed by atoms with Gasteiger partial charge in [0.1, 0.15) is 5.82 Å². The first kappa shape index (κ1) is 22.7. The van der Waals surface area contributed by atoms with E-state index in [2.05, 4.69) is 28.1 Å². The van der Waals surface area contributed by atoms with Gasteiger partial charge < -0.3 is 15.6 Å². The van der Waals surface area contributed by atoms with E-state index in [0.29, 0.717) is 17.1 Å². The van der Waals surface area contributed by atoms with E-state index in [1.807, 2.05) is 86.6 Å². The highest BCUT2D eigenvalue weighted by Crippen LogP contribution is 2.31.